The number of aryl methyl sites for hydroxylation is 4. The zero-order chi connectivity index (χ0) is 34.4. The molecule has 1 heterocycles. The van der Waals surface area contributed by atoms with Crippen LogP contribution in [0.5, 0.6) is 0 Å². The summed E-state index contributed by atoms with van der Waals surface area (Å²) in [4.78, 5) is 9.56. The smallest absolute Gasteiger partial charge is 0.133 e. The van der Waals surface area contributed by atoms with E-state index in [0.717, 1.165) is 39.1 Å². The van der Waals surface area contributed by atoms with Gasteiger partial charge < -0.3 is 5.73 Å². The Bertz CT molecular complexity index is 2580. The van der Waals surface area contributed by atoms with Gasteiger partial charge in [-0.3, -0.25) is 0 Å². The molecule has 0 spiro atoms. The summed E-state index contributed by atoms with van der Waals surface area (Å²) in [5.41, 5.74) is 22.8. The molecule has 8 aromatic rings. The zero-order valence-electron chi connectivity index (χ0n) is 29.0. The summed E-state index contributed by atoms with van der Waals surface area (Å²) in [7, 11) is 0. The van der Waals surface area contributed by atoms with Gasteiger partial charge in [0.15, 0.2) is 0 Å². The minimum atomic E-state index is 0.652. The second-order valence-corrected chi connectivity index (χ2v) is 13.7. The van der Waals surface area contributed by atoms with Crippen molar-refractivity contribution in [3.8, 4) is 44.6 Å². The Labute approximate surface area is 294 Å². The fourth-order valence-electron chi connectivity index (χ4n) is 7.25. The van der Waals surface area contributed by atoms with E-state index in [1.165, 1.54) is 66.4 Å². The second kappa shape index (κ2) is 12.8. The van der Waals surface area contributed by atoms with Crippen molar-refractivity contribution in [3.63, 3.8) is 0 Å². The summed E-state index contributed by atoms with van der Waals surface area (Å²) in [6.45, 7) is 8.59. The van der Waals surface area contributed by atoms with Gasteiger partial charge in [-0.15, -0.1) is 0 Å². The van der Waals surface area contributed by atoms with Gasteiger partial charge in [-0.2, -0.15) is 0 Å². The van der Waals surface area contributed by atoms with Crippen LogP contribution in [0, 0.1) is 27.7 Å². The number of aromatic nitrogens is 2. The molecule has 0 bridgehead atoms. The summed E-state index contributed by atoms with van der Waals surface area (Å²) in [5, 5.41) is 4.74. The van der Waals surface area contributed by atoms with E-state index < -0.39 is 0 Å². The molecule has 0 saturated heterocycles. The molecule has 1 aromatic heterocycles. The van der Waals surface area contributed by atoms with Crippen LogP contribution in [0.2, 0.25) is 0 Å². The molecule has 2 N–H and O–H groups in total. The molecule has 0 aliphatic carbocycles. The van der Waals surface area contributed by atoms with E-state index in [-0.39, 0.29) is 0 Å². The summed E-state index contributed by atoms with van der Waals surface area (Å²) in [5.74, 6) is 0.810. The number of nitrogens with two attached hydrogens (primary N) is 1. The van der Waals surface area contributed by atoms with Crippen LogP contribution in [0.25, 0.3) is 66.2 Å². The molecule has 7 aromatic carbocycles. The molecule has 0 aliphatic heterocycles. The molecule has 0 atom stereocenters. The third-order valence-electron chi connectivity index (χ3n) is 9.75. The molecule has 8 rings (SSSR count). The lowest BCUT2D eigenvalue weighted by Gasteiger charge is -2.15. The van der Waals surface area contributed by atoms with E-state index in [0.29, 0.717) is 6.42 Å². The van der Waals surface area contributed by atoms with E-state index in [1.807, 2.05) is 18.3 Å². The number of anilines is 1. The lowest BCUT2D eigenvalue weighted by molar-refractivity contribution is 0.971. The number of nitrogen functional groups attached to an aromatic ring is 1. The minimum Gasteiger partial charge on any atom is -0.398 e. The Morgan fingerprint density at radius 3 is 2.10 bits per heavy atom. The van der Waals surface area contributed by atoms with Gasteiger partial charge in [0.2, 0.25) is 0 Å². The van der Waals surface area contributed by atoms with Crippen molar-refractivity contribution in [2.45, 2.75) is 34.1 Å². The van der Waals surface area contributed by atoms with E-state index in [2.05, 4.69) is 154 Å². The minimum absolute atomic E-state index is 0.652. The van der Waals surface area contributed by atoms with Crippen molar-refractivity contribution in [1.29, 1.82) is 0 Å². The molecule has 0 unspecified atom stereocenters. The van der Waals surface area contributed by atoms with Crippen LogP contribution in [0.1, 0.15) is 33.6 Å². The molecular weight excluding hydrogens is 607 g/mol. The van der Waals surface area contributed by atoms with Crippen molar-refractivity contribution in [1.82, 2.24) is 9.97 Å². The Kier molecular flexibility index (Phi) is 7.97. The molecule has 0 aliphatic rings. The highest BCUT2D eigenvalue weighted by molar-refractivity contribution is 6.05. The van der Waals surface area contributed by atoms with Crippen molar-refractivity contribution in [2.75, 3.05) is 5.73 Å². The fraction of sp³-hybridized carbons (Fsp3) is 0.106. The highest BCUT2D eigenvalue weighted by Crippen LogP contribution is 2.37. The quantitative estimate of drug-likeness (QED) is 0.183. The molecule has 242 valence electrons. The number of hydrogen-bond acceptors (Lipinski definition) is 3. The number of benzene rings is 7. The molecule has 3 nitrogen and oxygen atoms in total. The maximum Gasteiger partial charge on any atom is 0.133 e. The molecule has 0 fully saturated rings. The Hall–Kier alpha value is -6.06. The van der Waals surface area contributed by atoms with Crippen LogP contribution in [-0.2, 0) is 6.42 Å². The van der Waals surface area contributed by atoms with Crippen LogP contribution in [-0.4, -0.2) is 9.97 Å². The topological polar surface area (TPSA) is 51.8 Å². The second-order valence-electron chi connectivity index (χ2n) is 13.7. The lowest BCUT2D eigenvalue weighted by atomic mass is 9.90. The highest BCUT2D eigenvalue weighted by Gasteiger charge is 2.13. The van der Waals surface area contributed by atoms with Crippen molar-refractivity contribution < 1.29 is 0 Å². The average molecular weight is 646 g/mol. The number of hydrogen-bond donors (Lipinski definition) is 1. The normalized spacial score (nSPS) is 11.4. The van der Waals surface area contributed by atoms with Gasteiger partial charge in [0.1, 0.15) is 5.82 Å². The molecule has 50 heavy (non-hydrogen) atoms. The number of nitrogens with zero attached hydrogens (tertiary/aromatic N) is 2. The average Bonchev–Trinajstić information content (AvgIpc) is 3.11. The molecule has 0 saturated carbocycles. The molecule has 3 heteroatoms. The number of rotatable bonds is 6. The molecule has 0 radical (unpaired) electrons. The van der Waals surface area contributed by atoms with E-state index in [9.17, 15) is 0 Å². The summed E-state index contributed by atoms with van der Waals surface area (Å²) < 4.78 is 0. The third-order valence-corrected chi connectivity index (χ3v) is 9.75. The maximum absolute atomic E-state index is 6.66. The van der Waals surface area contributed by atoms with Gasteiger partial charge in [-0.25, -0.2) is 9.97 Å². The van der Waals surface area contributed by atoms with E-state index in [1.54, 1.807) is 0 Å². The van der Waals surface area contributed by atoms with Gasteiger partial charge in [0.25, 0.3) is 0 Å². The first kappa shape index (κ1) is 31.2. The molecular formula is C47H39N3. The fourth-order valence-corrected chi connectivity index (χ4v) is 7.25. The Morgan fingerprint density at radius 1 is 0.500 bits per heavy atom. The van der Waals surface area contributed by atoms with Crippen molar-refractivity contribution in [3.05, 3.63) is 173 Å². The predicted octanol–water partition coefficient (Wildman–Crippen LogP) is 11.9. The third kappa shape index (κ3) is 6.15. The monoisotopic (exact) mass is 645 g/mol. The van der Waals surface area contributed by atoms with E-state index >= 15 is 0 Å². The van der Waals surface area contributed by atoms with Crippen LogP contribution >= 0.6 is 0 Å². The number of fused-ring (bicyclic) bond motifs is 2. The standard InChI is InChI=1S/C47H39N3/c1-29-6-5-7-39(22-29)46-18-19-49-47(50-46)26-33-20-31(3)23-40(25-33)42-16-17-45(48)44-28-38(13-15-43(42)44)41-14-12-35(24-32(41)4)37-11-10-34-21-30(2)8-9-36(34)27-37/h5-25,27-28H,26,48H2,1-4H3. The van der Waals surface area contributed by atoms with Gasteiger partial charge in [-0.05, 0) is 119 Å². The van der Waals surface area contributed by atoms with Crippen LogP contribution < -0.4 is 5.73 Å². The van der Waals surface area contributed by atoms with Crippen molar-refractivity contribution in [2.24, 2.45) is 0 Å². The SMILES string of the molecule is Cc1cccc(-c2ccnc(Cc3cc(C)cc(-c4ccc(N)c5cc(-c6ccc(-c7ccc8cc(C)ccc8c7)cc6C)ccc45)c3)n2)c1. The summed E-state index contributed by atoms with van der Waals surface area (Å²) >= 11 is 0. The van der Waals surface area contributed by atoms with E-state index in [4.69, 9.17) is 10.7 Å². The van der Waals surface area contributed by atoms with Gasteiger partial charge in [0, 0.05) is 29.3 Å². The first-order chi connectivity index (χ1) is 24.3. The zero-order valence-corrected chi connectivity index (χ0v) is 29.0. The lowest BCUT2D eigenvalue weighted by Crippen LogP contribution is -1.99. The maximum atomic E-state index is 6.66. The summed E-state index contributed by atoms with van der Waals surface area (Å²) in [6, 6.07) is 48.2. The largest absolute Gasteiger partial charge is 0.398 e. The highest BCUT2D eigenvalue weighted by atomic mass is 14.9. The Morgan fingerprint density at radius 2 is 1.24 bits per heavy atom. The Balaban J connectivity index is 1.11. The van der Waals surface area contributed by atoms with Gasteiger partial charge in [-0.1, -0.05) is 120 Å². The van der Waals surface area contributed by atoms with Crippen LogP contribution in [0.4, 0.5) is 5.69 Å². The first-order valence-electron chi connectivity index (χ1n) is 17.2. The molecule has 0 amide bonds. The predicted molar refractivity (Wildman–Crippen MR) is 211 cm³/mol. The summed E-state index contributed by atoms with van der Waals surface area (Å²) in [6.07, 6.45) is 2.51. The van der Waals surface area contributed by atoms with Crippen molar-refractivity contribution >= 4 is 27.2 Å². The van der Waals surface area contributed by atoms with Gasteiger partial charge in [0.05, 0.1) is 5.69 Å². The van der Waals surface area contributed by atoms with Crippen LogP contribution in [0.3, 0.4) is 0 Å². The van der Waals surface area contributed by atoms with Crippen LogP contribution in [0.15, 0.2) is 140 Å². The first-order valence-corrected chi connectivity index (χ1v) is 17.2. The van der Waals surface area contributed by atoms with Gasteiger partial charge >= 0.3 is 0 Å².